The van der Waals surface area contributed by atoms with Gasteiger partial charge in [0.05, 0.1) is 14.2 Å². The van der Waals surface area contributed by atoms with Crippen LogP contribution in [-0.4, -0.2) is 25.3 Å². The van der Waals surface area contributed by atoms with Crippen LogP contribution < -0.4 is 9.47 Å². The molecular weight excluding hydrogens is 292 g/mol. The summed E-state index contributed by atoms with van der Waals surface area (Å²) in [6.45, 7) is 0. The molecule has 118 valence electrons. The van der Waals surface area contributed by atoms with Crippen molar-refractivity contribution in [3.05, 3.63) is 77.9 Å². The minimum Gasteiger partial charge on any atom is -0.497 e. The molecule has 0 aliphatic heterocycles. The lowest BCUT2D eigenvalue weighted by Crippen LogP contribution is -1.91. The van der Waals surface area contributed by atoms with Crippen LogP contribution in [0.3, 0.4) is 0 Å². The molecule has 0 aliphatic carbocycles. The predicted octanol–water partition coefficient (Wildman–Crippen LogP) is 3.78. The molecule has 0 amide bonds. The number of methoxy groups -OCH3 is 2. The lowest BCUT2D eigenvalue weighted by Gasteiger charge is -2.10. The van der Waals surface area contributed by atoms with Crippen molar-refractivity contribution in [2.45, 2.75) is 0 Å². The SMILES string of the molecule is COc1ccc(C(=CC=CC(=O)O)c2ccc(OC)cc2)cc1. The Hall–Kier alpha value is -3.01. The first kappa shape index (κ1) is 16.4. The fourth-order valence-electron chi connectivity index (χ4n) is 2.13. The lowest BCUT2D eigenvalue weighted by atomic mass is 9.97. The van der Waals surface area contributed by atoms with Crippen LogP contribution in [0, 0.1) is 0 Å². The zero-order chi connectivity index (χ0) is 16.7. The number of carboxylic acids is 1. The van der Waals surface area contributed by atoms with Gasteiger partial charge in [0.2, 0.25) is 0 Å². The van der Waals surface area contributed by atoms with E-state index in [1.807, 2.05) is 48.5 Å². The molecule has 0 heterocycles. The average molecular weight is 310 g/mol. The summed E-state index contributed by atoms with van der Waals surface area (Å²) in [5.41, 5.74) is 2.84. The summed E-state index contributed by atoms with van der Waals surface area (Å²) in [5, 5.41) is 8.75. The van der Waals surface area contributed by atoms with Crippen molar-refractivity contribution in [1.29, 1.82) is 0 Å². The molecule has 2 rings (SSSR count). The van der Waals surface area contributed by atoms with E-state index < -0.39 is 5.97 Å². The number of hydrogen-bond donors (Lipinski definition) is 1. The molecule has 0 saturated heterocycles. The molecule has 0 aliphatic rings. The molecule has 0 radical (unpaired) electrons. The van der Waals surface area contributed by atoms with E-state index in [9.17, 15) is 4.79 Å². The molecule has 0 unspecified atom stereocenters. The van der Waals surface area contributed by atoms with Gasteiger partial charge in [0.25, 0.3) is 0 Å². The second-order valence-corrected chi connectivity index (χ2v) is 4.73. The second-order valence-electron chi connectivity index (χ2n) is 4.73. The summed E-state index contributed by atoms with van der Waals surface area (Å²) in [7, 11) is 3.23. The first-order valence-electron chi connectivity index (χ1n) is 7.04. The Kier molecular flexibility index (Phi) is 5.58. The van der Waals surface area contributed by atoms with Crippen LogP contribution in [0.4, 0.5) is 0 Å². The number of rotatable bonds is 6. The molecule has 1 N–H and O–H groups in total. The minimum absolute atomic E-state index is 0.768. The smallest absolute Gasteiger partial charge is 0.328 e. The summed E-state index contributed by atoms with van der Waals surface area (Å²) in [4.78, 5) is 10.7. The molecule has 0 spiro atoms. The van der Waals surface area contributed by atoms with Gasteiger partial charge in [-0.2, -0.15) is 0 Å². The quantitative estimate of drug-likeness (QED) is 0.652. The zero-order valence-corrected chi connectivity index (χ0v) is 13.0. The highest BCUT2D eigenvalue weighted by molar-refractivity contribution is 5.84. The summed E-state index contributed by atoms with van der Waals surface area (Å²) in [6, 6.07) is 15.2. The van der Waals surface area contributed by atoms with Crippen LogP contribution in [0.1, 0.15) is 11.1 Å². The van der Waals surface area contributed by atoms with Crippen LogP contribution in [-0.2, 0) is 4.79 Å². The number of aliphatic carboxylic acids is 1. The fraction of sp³-hybridized carbons (Fsp3) is 0.105. The van der Waals surface area contributed by atoms with E-state index >= 15 is 0 Å². The van der Waals surface area contributed by atoms with Gasteiger partial charge in [-0.05, 0) is 41.0 Å². The van der Waals surface area contributed by atoms with E-state index in [-0.39, 0.29) is 0 Å². The highest BCUT2D eigenvalue weighted by Gasteiger charge is 2.05. The minimum atomic E-state index is -0.981. The molecule has 0 aromatic heterocycles. The maximum absolute atomic E-state index is 10.7. The number of carboxylic acid groups (broad SMARTS) is 1. The summed E-state index contributed by atoms with van der Waals surface area (Å²) in [5.74, 6) is 0.554. The van der Waals surface area contributed by atoms with E-state index in [0.717, 1.165) is 34.3 Å². The number of carbonyl (C=O) groups is 1. The van der Waals surface area contributed by atoms with Crippen molar-refractivity contribution in [2.75, 3.05) is 14.2 Å². The van der Waals surface area contributed by atoms with Crippen LogP contribution in [0.2, 0.25) is 0 Å². The Morgan fingerprint density at radius 1 is 0.870 bits per heavy atom. The summed E-state index contributed by atoms with van der Waals surface area (Å²) >= 11 is 0. The lowest BCUT2D eigenvalue weighted by molar-refractivity contribution is -0.131. The van der Waals surface area contributed by atoms with Crippen molar-refractivity contribution in [3.63, 3.8) is 0 Å². The van der Waals surface area contributed by atoms with E-state index in [1.54, 1.807) is 20.3 Å². The van der Waals surface area contributed by atoms with Gasteiger partial charge in [-0.25, -0.2) is 4.79 Å². The third-order valence-electron chi connectivity index (χ3n) is 3.30. The van der Waals surface area contributed by atoms with Crippen molar-refractivity contribution in [2.24, 2.45) is 0 Å². The molecule has 0 atom stereocenters. The van der Waals surface area contributed by atoms with Crippen LogP contribution >= 0.6 is 0 Å². The molecule has 0 fully saturated rings. The van der Waals surface area contributed by atoms with E-state index in [0.29, 0.717) is 0 Å². The number of hydrogen-bond acceptors (Lipinski definition) is 3. The Balaban J connectivity index is 2.42. The first-order chi connectivity index (χ1) is 11.1. The van der Waals surface area contributed by atoms with Crippen molar-refractivity contribution in [3.8, 4) is 11.5 Å². The molecule has 2 aromatic rings. The average Bonchev–Trinajstić information content (AvgIpc) is 2.59. The fourth-order valence-corrected chi connectivity index (χ4v) is 2.13. The molecule has 4 heteroatoms. The number of allylic oxidation sites excluding steroid dienone is 2. The molecule has 0 bridgehead atoms. The largest absolute Gasteiger partial charge is 0.497 e. The van der Waals surface area contributed by atoms with Crippen LogP contribution in [0.5, 0.6) is 11.5 Å². The Morgan fingerprint density at radius 3 is 1.65 bits per heavy atom. The van der Waals surface area contributed by atoms with Gasteiger partial charge >= 0.3 is 5.97 Å². The standard InChI is InChI=1S/C19H18O4/c1-22-16-10-6-14(7-11-16)18(4-3-5-19(20)21)15-8-12-17(23-2)13-9-15/h3-13H,1-2H3,(H,20,21). The normalized spacial score (nSPS) is 10.3. The van der Waals surface area contributed by atoms with Gasteiger partial charge in [-0.3, -0.25) is 0 Å². The summed E-state index contributed by atoms with van der Waals surface area (Å²) < 4.78 is 10.3. The van der Waals surface area contributed by atoms with Gasteiger partial charge in [-0.1, -0.05) is 36.4 Å². The van der Waals surface area contributed by atoms with E-state index in [4.69, 9.17) is 14.6 Å². The monoisotopic (exact) mass is 310 g/mol. The Labute approximate surface area is 135 Å². The van der Waals surface area contributed by atoms with Crippen molar-refractivity contribution >= 4 is 11.5 Å². The summed E-state index contributed by atoms with van der Waals surface area (Å²) in [6.07, 6.45) is 4.40. The molecule has 2 aromatic carbocycles. The number of benzene rings is 2. The molecule has 23 heavy (non-hydrogen) atoms. The van der Waals surface area contributed by atoms with Crippen molar-refractivity contribution in [1.82, 2.24) is 0 Å². The topological polar surface area (TPSA) is 55.8 Å². The third kappa shape index (κ3) is 4.48. The van der Waals surface area contributed by atoms with Gasteiger partial charge in [0.1, 0.15) is 11.5 Å². The molecular formula is C19H18O4. The number of ether oxygens (including phenoxy) is 2. The second kappa shape index (κ2) is 7.84. The van der Waals surface area contributed by atoms with Crippen LogP contribution in [0.25, 0.3) is 5.57 Å². The zero-order valence-electron chi connectivity index (χ0n) is 13.0. The maximum atomic E-state index is 10.7. The maximum Gasteiger partial charge on any atom is 0.328 e. The van der Waals surface area contributed by atoms with Crippen LogP contribution in [0.15, 0.2) is 66.8 Å². The first-order valence-corrected chi connectivity index (χ1v) is 7.04. The van der Waals surface area contributed by atoms with Gasteiger partial charge < -0.3 is 14.6 Å². The van der Waals surface area contributed by atoms with Gasteiger partial charge in [-0.15, -0.1) is 0 Å². The van der Waals surface area contributed by atoms with Crippen molar-refractivity contribution < 1.29 is 19.4 Å². The molecule has 4 nitrogen and oxygen atoms in total. The van der Waals surface area contributed by atoms with E-state index in [2.05, 4.69) is 0 Å². The molecule has 0 saturated carbocycles. The van der Waals surface area contributed by atoms with Gasteiger partial charge in [0, 0.05) is 6.08 Å². The predicted molar refractivity (Wildman–Crippen MR) is 89.8 cm³/mol. The van der Waals surface area contributed by atoms with E-state index in [1.165, 1.54) is 6.08 Å². The Morgan fingerprint density at radius 2 is 1.30 bits per heavy atom. The highest BCUT2D eigenvalue weighted by atomic mass is 16.5. The third-order valence-corrected chi connectivity index (χ3v) is 3.30. The Bertz CT molecular complexity index is 661. The van der Waals surface area contributed by atoms with Gasteiger partial charge in [0.15, 0.2) is 0 Å². The highest BCUT2D eigenvalue weighted by Crippen LogP contribution is 2.27.